The lowest BCUT2D eigenvalue weighted by molar-refractivity contribution is 0.0697. The predicted molar refractivity (Wildman–Crippen MR) is 77.0 cm³/mol. The number of ether oxygens (including phenoxy) is 1. The summed E-state index contributed by atoms with van der Waals surface area (Å²) in [6, 6.07) is 5.87. The van der Waals surface area contributed by atoms with Gasteiger partial charge >= 0.3 is 5.97 Å². The number of carboxylic acids is 1. The van der Waals surface area contributed by atoms with Gasteiger partial charge < -0.3 is 9.84 Å². The summed E-state index contributed by atoms with van der Waals surface area (Å²) in [4.78, 5) is 10.7. The molecule has 0 fully saturated rings. The van der Waals surface area contributed by atoms with E-state index in [1.165, 1.54) is 24.3 Å². The number of sulfone groups is 1. The maximum atomic E-state index is 11.9. The van der Waals surface area contributed by atoms with Gasteiger partial charge in [-0.2, -0.15) is 0 Å². The molecule has 1 N–H and O–H groups in total. The number of hydrogen-bond donors (Lipinski definition) is 1. The van der Waals surface area contributed by atoms with Crippen molar-refractivity contribution in [2.75, 3.05) is 12.4 Å². The van der Waals surface area contributed by atoms with E-state index in [0.717, 1.165) is 0 Å². The van der Waals surface area contributed by atoms with Crippen LogP contribution in [0.4, 0.5) is 0 Å². The van der Waals surface area contributed by atoms with Crippen LogP contribution in [0.2, 0.25) is 0 Å². The van der Waals surface area contributed by atoms with Crippen molar-refractivity contribution in [1.82, 2.24) is 0 Å². The molecule has 20 heavy (non-hydrogen) atoms. The molecular weight excluding hydrogens is 280 g/mol. The predicted octanol–water partition coefficient (Wildman–Crippen LogP) is 2.22. The number of rotatable bonds is 7. The Kier molecular flexibility index (Phi) is 5.56. The van der Waals surface area contributed by atoms with Crippen LogP contribution < -0.4 is 4.74 Å². The number of benzene rings is 1. The van der Waals surface area contributed by atoms with Crippen molar-refractivity contribution in [3.63, 3.8) is 0 Å². The zero-order valence-electron chi connectivity index (χ0n) is 11.9. The van der Waals surface area contributed by atoms with E-state index in [0.29, 0.717) is 5.75 Å². The van der Waals surface area contributed by atoms with Gasteiger partial charge in [0.15, 0.2) is 9.84 Å². The van der Waals surface area contributed by atoms with Gasteiger partial charge in [-0.15, -0.1) is 0 Å². The zero-order chi connectivity index (χ0) is 15.3. The number of carboxylic acid groups (broad SMARTS) is 1. The van der Waals surface area contributed by atoms with Crippen molar-refractivity contribution in [3.05, 3.63) is 29.8 Å². The second kappa shape index (κ2) is 6.74. The van der Waals surface area contributed by atoms with Gasteiger partial charge in [0, 0.05) is 0 Å². The van der Waals surface area contributed by atoms with Crippen molar-refractivity contribution in [2.45, 2.75) is 26.0 Å². The van der Waals surface area contributed by atoms with Gasteiger partial charge in [-0.25, -0.2) is 13.2 Å². The monoisotopic (exact) mass is 300 g/mol. The quantitative estimate of drug-likeness (QED) is 0.835. The molecule has 5 nitrogen and oxygen atoms in total. The molecule has 0 saturated carbocycles. The third-order valence-electron chi connectivity index (χ3n) is 3.24. The highest BCUT2D eigenvalue weighted by atomic mass is 32.2. The first-order valence-corrected chi connectivity index (χ1v) is 8.13. The Bertz CT molecular complexity index is 545. The van der Waals surface area contributed by atoms with Crippen LogP contribution in [0.1, 0.15) is 31.1 Å². The fourth-order valence-corrected chi connectivity index (χ4v) is 3.09. The summed E-state index contributed by atoms with van der Waals surface area (Å²) in [5.74, 6) is -0.533. The Labute approximate surface area is 119 Å². The summed E-state index contributed by atoms with van der Waals surface area (Å²) in [7, 11) is -3.17. The first kappa shape index (κ1) is 16.5. The number of carbonyl (C=O) groups is 1. The Morgan fingerprint density at radius 2 is 1.75 bits per heavy atom. The Morgan fingerprint density at radius 3 is 2.20 bits per heavy atom. The molecular formula is C14H20O5S. The van der Waals surface area contributed by atoms with Crippen LogP contribution in [0.5, 0.6) is 5.75 Å². The lowest BCUT2D eigenvalue weighted by atomic mass is 10.2. The van der Waals surface area contributed by atoms with Crippen molar-refractivity contribution in [2.24, 2.45) is 5.92 Å². The van der Waals surface area contributed by atoms with E-state index in [9.17, 15) is 13.2 Å². The average Bonchev–Trinajstić information content (AvgIpc) is 2.38. The van der Waals surface area contributed by atoms with Crippen LogP contribution in [0.15, 0.2) is 24.3 Å². The normalized spacial score (nSPS) is 13.2. The molecule has 0 heterocycles. The molecule has 1 atom stereocenters. The Morgan fingerprint density at radius 1 is 1.20 bits per heavy atom. The minimum atomic E-state index is -3.17. The average molecular weight is 300 g/mol. The summed E-state index contributed by atoms with van der Waals surface area (Å²) in [5.41, 5.74) is 0.165. The van der Waals surface area contributed by atoms with Crippen LogP contribution in [-0.2, 0) is 9.84 Å². The van der Waals surface area contributed by atoms with Gasteiger partial charge in [-0.3, -0.25) is 0 Å². The molecule has 1 aromatic carbocycles. The maximum absolute atomic E-state index is 11.9. The van der Waals surface area contributed by atoms with Crippen molar-refractivity contribution >= 4 is 15.8 Å². The Hall–Kier alpha value is -1.56. The molecule has 0 radical (unpaired) electrons. The van der Waals surface area contributed by atoms with Crippen LogP contribution in [0, 0.1) is 5.92 Å². The van der Waals surface area contributed by atoms with Crippen molar-refractivity contribution < 1.29 is 23.1 Å². The molecule has 0 aromatic heterocycles. The highest BCUT2D eigenvalue weighted by molar-refractivity contribution is 7.92. The van der Waals surface area contributed by atoms with E-state index in [1.54, 1.807) is 6.92 Å². The van der Waals surface area contributed by atoms with Gasteiger partial charge in [0.05, 0.1) is 16.6 Å². The van der Waals surface area contributed by atoms with Gasteiger partial charge in [0.2, 0.25) is 0 Å². The summed E-state index contributed by atoms with van der Waals surface area (Å²) in [5, 5.41) is 8.35. The smallest absolute Gasteiger partial charge is 0.335 e. The first-order chi connectivity index (χ1) is 9.24. The van der Waals surface area contributed by atoms with Gasteiger partial charge in [-0.1, -0.05) is 13.8 Å². The van der Waals surface area contributed by atoms with E-state index in [2.05, 4.69) is 0 Å². The van der Waals surface area contributed by atoms with Gasteiger partial charge in [0.1, 0.15) is 12.4 Å². The molecule has 0 aliphatic carbocycles. The van der Waals surface area contributed by atoms with Crippen LogP contribution in [0.25, 0.3) is 0 Å². The fourth-order valence-electron chi connectivity index (χ4n) is 1.57. The van der Waals surface area contributed by atoms with E-state index < -0.39 is 21.1 Å². The lowest BCUT2D eigenvalue weighted by Gasteiger charge is -2.16. The topological polar surface area (TPSA) is 80.7 Å². The van der Waals surface area contributed by atoms with Crippen LogP contribution in [-0.4, -0.2) is 37.1 Å². The third-order valence-corrected chi connectivity index (χ3v) is 5.66. The van der Waals surface area contributed by atoms with E-state index >= 15 is 0 Å². The molecule has 112 valence electrons. The largest absolute Gasteiger partial charge is 0.493 e. The maximum Gasteiger partial charge on any atom is 0.335 e. The molecule has 0 aliphatic rings. The summed E-state index contributed by atoms with van der Waals surface area (Å²) in [6.45, 7) is 5.49. The summed E-state index contributed by atoms with van der Waals surface area (Å²) < 4.78 is 29.2. The lowest BCUT2D eigenvalue weighted by Crippen LogP contribution is -2.28. The highest BCUT2D eigenvalue weighted by Gasteiger charge is 2.23. The van der Waals surface area contributed by atoms with Crippen molar-refractivity contribution in [1.29, 1.82) is 0 Å². The summed E-state index contributed by atoms with van der Waals surface area (Å²) in [6.07, 6.45) is 0. The van der Waals surface area contributed by atoms with Gasteiger partial charge in [0.25, 0.3) is 0 Å². The van der Waals surface area contributed by atoms with E-state index in [4.69, 9.17) is 9.84 Å². The third kappa shape index (κ3) is 4.52. The van der Waals surface area contributed by atoms with Crippen LogP contribution >= 0.6 is 0 Å². The van der Waals surface area contributed by atoms with E-state index in [1.807, 2.05) is 13.8 Å². The molecule has 0 saturated heterocycles. The molecule has 1 aromatic rings. The molecule has 0 bridgehead atoms. The number of hydrogen-bond acceptors (Lipinski definition) is 4. The second-order valence-electron chi connectivity index (χ2n) is 4.99. The molecule has 0 amide bonds. The first-order valence-electron chi connectivity index (χ1n) is 6.41. The molecule has 0 spiro atoms. The standard InChI is InChI=1S/C14H20O5S/c1-10(2)11(3)20(17,18)9-8-19-13-6-4-12(5-7-13)14(15)16/h4-7,10-11H,8-9H2,1-3H3,(H,15,16). The second-order valence-corrected chi connectivity index (χ2v) is 7.47. The Balaban J connectivity index is 2.54. The molecule has 1 rings (SSSR count). The van der Waals surface area contributed by atoms with Crippen molar-refractivity contribution in [3.8, 4) is 5.75 Å². The molecule has 6 heteroatoms. The summed E-state index contributed by atoms with van der Waals surface area (Å²) >= 11 is 0. The SMILES string of the molecule is CC(C)C(C)S(=O)(=O)CCOc1ccc(C(=O)O)cc1. The number of aromatic carboxylic acids is 1. The van der Waals surface area contributed by atoms with E-state index in [-0.39, 0.29) is 23.8 Å². The minimum absolute atomic E-state index is 0.0486. The molecule has 0 aliphatic heterocycles. The molecule has 1 unspecified atom stereocenters. The van der Waals surface area contributed by atoms with Gasteiger partial charge in [-0.05, 0) is 37.1 Å². The highest BCUT2D eigenvalue weighted by Crippen LogP contribution is 2.15. The minimum Gasteiger partial charge on any atom is -0.493 e. The zero-order valence-corrected chi connectivity index (χ0v) is 12.7. The van der Waals surface area contributed by atoms with Crippen LogP contribution in [0.3, 0.4) is 0 Å². The fraction of sp³-hybridized carbons (Fsp3) is 0.500.